The van der Waals surface area contributed by atoms with Crippen molar-refractivity contribution in [3.63, 3.8) is 0 Å². The second-order valence-electron chi connectivity index (χ2n) is 4.15. The zero-order valence-electron chi connectivity index (χ0n) is 10.2. The van der Waals surface area contributed by atoms with E-state index in [0.717, 1.165) is 0 Å². The van der Waals surface area contributed by atoms with Crippen LogP contribution < -0.4 is 9.47 Å². The zero-order chi connectivity index (χ0) is 14.1. The second kappa shape index (κ2) is 4.97. The van der Waals surface area contributed by atoms with Crippen molar-refractivity contribution in [1.82, 2.24) is 4.98 Å². The van der Waals surface area contributed by atoms with E-state index in [2.05, 4.69) is 4.98 Å². The van der Waals surface area contributed by atoms with Gasteiger partial charge in [-0.1, -0.05) is 11.6 Å². The van der Waals surface area contributed by atoms with E-state index >= 15 is 0 Å². The standard InChI is InChI=1S/C13H9ClN2O4/c14-13-7-9(16(17)18)6-10(15-13)8-1-2-11-12(5-8)20-4-3-19-11/h1-2,5-7H,3-4H2. The molecule has 6 nitrogen and oxygen atoms in total. The summed E-state index contributed by atoms with van der Waals surface area (Å²) >= 11 is 5.82. The number of hydrogen-bond acceptors (Lipinski definition) is 5. The van der Waals surface area contributed by atoms with Gasteiger partial charge in [-0.3, -0.25) is 10.1 Å². The smallest absolute Gasteiger partial charge is 0.274 e. The number of fused-ring (bicyclic) bond motifs is 1. The van der Waals surface area contributed by atoms with Crippen LogP contribution in [0.5, 0.6) is 11.5 Å². The molecule has 1 aromatic carbocycles. The van der Waals surface area contributed by atoms with E-state index < -0.39 is 4.92 Å². The molecule has 3 rings (SSSR count). The van der Waals surface area contributed by atoms with Gasteiger partial charge in [0, 0.05) is 11.6 Å². The summed E-state index contributed by atoms with van der Waals surface area (Å²) in [7, 11) is 0. The molecule has 0 saturated heterocycles. The van der Waals surface area contributed by atoms with Crippen LogP contribution in [0.3, 0.4) is 0 Å². The number of aromatic nitrogens is 1. The van der Waals surface area contributed by atoms with Crippen molar-refractivity contribution in [2.24, 2.45) is 0 Å². The maximum absolute atomic E-state index is 10.8. The van der Waals surface area contributed by atoms with Crippen LogP contribution in [0.15, 0.2) is 30.3 Å². The Morgan fingerprint density at radius 2 is 1.90 bits per heavy atom. The lowest BCUT2D eigenvalue weighted by molar-refractivity contribution is -0.384. The first-order valence-electron chi connectivity index (χ1n) is 5.85. The fourth-order valence-electron chi connectivity index (χ4n) is 1.94. The van der Waals surface area contributed by atoms with E-state index in [-0.39, 0.29) is 10.8 Å². The average Bonchev–Trinajstić information content (AvgIpc) is 2.46. The summed E-state index contributed by atoms with van der Waals surface area (Å²) in [6.45, 7) is 0.979. The number of benzene rings is 1. The van der Waals surface area contributed by atoms with Gasteiger partial charge in [0.1, 0.15) is 18.4 Å². The van der Waals surface area contributed by atoms with Gasteiger partial charge in [-0.15, -0.1) is 0 Å². The van der Waals surface area contributed by atoms with Gasteiger partial charge in [-0.05, 0) is 18.2 Å². The molecule has 0 spiro atoms. The third kappa shape index (κ3) is 2.37. The topological polar surface area (TPSA) is 74.5 Å². The first-order chi connectivity index (χ1) is 9.63. The Kier molecular flexibility index (Phi) is 3.15. The van der Waals surface area contributed by atoms with Crippen LogP contribution in [0.25, 0.3) is 11.3 Å². The molecule has 102 valence electrons. The van der Waals surface area contributed by atoms with Gasteiger partial charge in [0.15, 0.2) is 11.5 Å². The molecule has 1 aromatic heterocycles. The Bertz CT molecular complexity index is 690. The van der Waals surface area contributed by atoms with E-state index in [1.54, 1.807) is 18.2 Å². The monoisotopic (exact) mass is 292 g/mol. The molecule has 0 radical (unpaired) electrons. The van der Waals surface area contributed by atoms with E-state index in [9.17, 15) is 10.1 Å². The van der Waals surface area contributed by atoms with Gasteiger partial charge in [-0.2, -0.15) is 0 Å². The Morgan fingerprint density at radius 1 is 1.15 bits per heavy atom. The maximum Gasteiger partial charge on any atom is 0.274 e. The zero-order valence-corrected chi connectivity index (χ0v) is 11.0. The fourth-order valence-corrected chi connectivity index (χ4v) is 2.14. The summed E-state index contributed by atoms with van der Waals surface area (Å²) in [6.07, 6.45) is 0. The number of rotatable bonds is 2. The van der Waals surface area contributed by atoms with Gasteiger partial charge in [-0.25, -0.2) is 4.98 Å². The summed E-state index contributed by atoms with van der Waals surface area (Å²) in [5, 5.41) is 10.9. The molecule has 0 atom stereocenters. The molecule has 1 aliphatic heterocycles. The van der Waals surface area contributed by atoms with Gasteiger partial charge >= 0.3 is 0 Å². The first kappa shape index (κ1) is 12.7. The number of halogens is 1. The van der Waals surface area contributed by atoms with Crippen LogP contribution in [0.1, 0.15) is 0 Å². The van der Waals surface area contributed by atoms with Crippen LogP contribution in [0.4, 0.5) is 5.69 Å². The third-order valence-electron chi connectivity index (χ3n) is 2.83. The highest BCUT2D eigenvalue weighted by molar-refractivity contribution is 6.29. The summed E-state index contributed by atoms with van der Waals surface area (Å²) in [5.41, 5.74) is 0.996. The first-order valence-corrected chi connectivity index (χ1v) is 6.23. The number of ether oxygens (including phenoxy) is 2. The molecule has 20 heavy (non-hydrogen) atoms. The van der Waals surface area contributed by atoms with Crippen molar-refractivity contribution in [2.45, 2.75) is 0 Å². The maximum atomic E-state index is 10.8. The molecule has 2 aromatic rings. The molecular weight excluding hydrogens is 284 g/mol. The molecule has 0 bridgehead atoms. The number of nitro groups is 1. The fraction of sp³-hybridized carbons (Fsp3) is 0.154. The summed E-state index contributed by atoms with van der Waals surface area (Å²) in [4.78, 5) is 14.4. The molecule has 0 amide bonds. The highest BCUT2D eigenvalue weighted by Crippen LogP contribution is 2.35. The Hall–Kier alpha value is -2.34. The van der Waals surface area contributed by atoms with Gasteiger partial charge in [0.2, 0.25) is 0 Å². The molecule has 7 heteroatoms. The minimum absolute atomic E-state index is 0.0732. The number of hydrogen-bond donors (Lipinski definition) is 0. The number of nitrogens with zero attached hydrogens (tertiary/aromatic N) is 2. The van der Waals surface area contributed by atoms with E-state index in [1.165, 1.54) is 12.1 Å². The van der Waals surface area contributed by atoms with Crippen LogP contribution in [0, 0.1) is 10.1 Å². The summed E-state index contributed by atoms with van der Waals surface area (Å²) in [6, 6.07) is 7.82. The lowest BCUT2D eigenvalue weighted by Crippen LogP contribution is -2.15. The highest BCUT2D eigenvalue weighted by atomic mass is 35.5. The van der Waals surface area contributed by atoms with Gasteiger partial charge in [0.25, 0.3) is 5.69 Å². The van der Waals surface area contributed by atoms with Crippen LogP contribution in [-0.2, 0) is 0 Å². The normalized spacial score (nSPS) is 13.1. The van der Waals surface area contributed by atoms with E-state index in [1.807, 2.05) is 0 Å². The molecule has 0 fully saturated rings. The van der Waals surface area contributed by atoms with Crippen LogP contribution >= 0.6 is 11.6 Å². The van der Waals surface area contributed by atoms with Crippen molar-refractivity contribution in [3.05, 3.63) is 45.6 Å². The Morgan fingerprint density at radius 3 is 2.65 bits per heavy atom. The predicted molar refractivity (Wildman–Crippen MR) is 72.3 cm³/mol. The quantitative estimate of drug-likeness (QED) is 0.483. The Labute approximate surface area is 119 Å². The lowest BCUT2D eigenvalue weighted by atomic mass is 10.1. The summed E-state index contributed by atoms with van der Waals surface area (Å²) in [5.74, 6) is 1.25. The number of pyridine rings is 1. The molecule has 2 heterocycles. The molecule has 0 unspecified atom stereocenters. The average molecular weight is 293 g/mol. The molecule has 1 aliphatic rings. The third-order valence-corrected chi connectivity index (χ3v) is 3.02. The van der Waals surface area contributed by atoms with E-state index in [0.29, 0.717) is 36.0 Å². The Balaban J connectivity index is 2.06. The SMILES string of the molecule is O=[N+]([O-])c1cc(Cl)nc(-c2ccc3c(c2)OCCO3)c1. The minimum Gasteiger partial charge on any atom is -0.486 e. The lowest BCUT2D eigenvalue weighted by Gasteiger charge is -2.18. The molecule has 0 N–H and O–H groups in total. The summed E-state index contributed by atoms with van der Waals surface area (Å²) < 4.78 is 10.9. The predicted octanol–water partition coefficient (Wildman–Crippen LogP) is 3.08. The largest absolute Gasteiger partial charge is 0.486 e. The van der Waals surface area contributed by atoms with Crippen LogP contribution in [0.2, 0.25) is 5.15 Å². The van der Waals surface area contributed by atoms with Crippen molar-refractivity contribution < 1.29 is 14.4 Å². The van der Waals surface area contributed by atoms with Crippen molar-refractivity contribution in [2.75, 3.05) is 13.2 Å². The second-order valence-corrected chi connectivity index (χ2v) is 4.54. The van der Waals surface area contributed by atoms with Gasteiger partial charge in [0.05, 0.1) is 16.7 Å². The minimum atomic E-state index is -0.505. The van der Waals surface area contributed by atoms with Crippen molar-refractivity contribution in [3.8, 4) is 22.8 Å². The van der Waals surface area contributed by atoms with Gasteiger partial charge < -0.3 is 9.47 Å². The molecule has 0 saturated carbocycles. The molecule has 0 aliphatic carbocycles. The van der Waals surface area contributed by atoms with Crippen molar-refractivity contribution >= 4 is 17.3 Å². The van der Waals surface area contributed by atoms with Crippen LogP contribution in [-0.4, -0.2) is 23.1 Å². The molecular formula is C13H9ClN2O4. The highest BCUT2D eigenvalue weighted by Gasteiger charge is 2.15. The van der Waals surface area contributed by atoms with Crippen molar-refractivity contribution in [1.29, 1.82) is 0 Å². The van der Waals surface area contributed by atoms with E-state index in [4.69, 9.17) is 21.1 Å².